The van der Waals surface area contributed by atoms with Crippen LogP contribution in [0, 0.1) is 12.7 Å². The van der Waals surface area contributed by atoms with Crippen LogP contribution >= 0.6 is 0 Å². The molecule has 0 spiro atoms. The Morgan fingerprint density at radius 3 is 2.73 bits per heavy atom. The van der Waals surface area contributed by atoms with Crippen LogP contribution in [0.3, 0.4) is 0 Å². The van der Waals surface area contributed by atoms with Gasteiger partial charge in [0.1, 0.15) is 5.82 Å². The highest BCUT2D eigenvalue weighted by Gasteiger charge is 2.38. The highest BCUT2D eigenvalue weighted by atomic mass is 32.2. The molecule has 4 rings (SSSR count). The first-order chi connectivity index (χ1) is 12.3. The molecule has 0 bridgehead atoms. The van der Waals surface area contributed by atoms with Crippen molar-refractivity contribution < 1.29 is 17.6 Å². The summed E-state index contributed by atoms with van der Waals surface area (Å²) in [6.45, 7) is 4.12. The Labute approximate surface area is 151 Å². The van der Waals surface area contributed by atoms with E-state index in [4.69, 9.17) is 0 Å². The highest BCUT2D eigenvalue weighted by Crippen LogP contribution is 2.44. The molecule has 2 aromatic carbocycles. The summed E-state index contributed by atoms with van der Waals surface area (Å²) in [4.78, 5) is 14.3. The summed E-state index contributed by atoms with van der Waals surface area (Å²) in [7, 11) is -3.84. The summed E-state index contributed by atoms with van der Waals surface area (Å²) >= 11 is 0. The summed E-state index contributed by atoms with van der Waals surface area (Å²) in [5, 5.41) is 0. The Kier molecular flexibility index (Phi) is 3.80. The molecule has 5 nitrogen and oxygen atoms in total. The summed E-state index contributed by atoms with van der Waals surface area (Å²) in [6.07, 6.45) is 1.67. The van der Waals surface area contributed by atoms with E-state index in [0.717, 1.165) is 35.7 Å². The predicted molar refractivity (Wildman–Crippen MR) is 97.5 cm³/mol. The standard InChI is InChI=1S/C19H19FN2O3S/c1-11-8-14(20)5-6-17(11)26(24,25)21-15-9-13-4-3-7-22-18(13)16(10-15)12(2)19(22)23/h5-6,8-10,12,21H,3-4,7H2,1-2H3. The van der Waals surface area contributed by atoms with Crippen molar-refractivity contribution in [2.24, 2.45) is 0 Å². The van der Waals surface area contributed by atoms with Crippen molar-refractivity contribution in [1.29, 1.82) is 0 Å². The molecule has 2 aliphatic rings. The normalized spacial score (nSPS) is 18.8. The number of carbonyl (C=O) groups is 1. The van der Waals surface area contributed by atoms with Gasteiger partial charge in [-0.1, -0.05) is 0 Å². The average molecular weight is 374 g/mol. The van der Waals surface area contributed by atoms with Gasteiger partial charge >= 0.3 is 0 Å². The number of halogens is 1. The van der Waals surface area contributed by atoms with Crippen LogP contribution in [-0.2, 0) is 21.2 Å². The molecule has 0 aliphatic carbocycles. The number of nitrogens with zero attached hydrogens (tertiary/aromatic N) is 1. The number of carbonyl (C=O) groups excluding carboxylic acids is 1. The number of aryl methyl sites for hydroxylation is 2. The Morgan fingerprint density at radius 1 is 1.23 bits per heavy atom. The van der Waals surface area contributed by atoms with Gasteiger partial charge in [0.25, 0.3) is 10.0 Å². The number of rotatable bonds is 3. The van der Waals surface area contributed by atoms with Gasteiger partial charge in [-0.3, -0.25) is 9.52 Å². The lowest BCUT2D eigenvalue weighted by Gasteiger charge is -2.26. The zero-order chi connectivity index (χ0) is 18.6. The van der Waals surface area contributed by atoms with Crippen molar-refractivity contribution in [3.8, 4) is 0 Å². The molecule has 0 aromatic heterocycles. The number of sulfonamides is 1. The van der Waals surface area contributed by atoms with Crippen molar-refractivity contribution in [3.63, 3.8) is 0 Å². The second-order valence-corrected chi connectivity index (χ2v) is 8.55. The fourth-order valence-corrected chi connectivity index (χ4v) is 5.15. The summed E-state index contributed by atoms with van der Waals surface area (Å²) in [6, 6.07) is 7.13. The Balaban J connectivity index is 1.75. The van der Waals surface area contributed by atoms with Crippen molar-refractivity contribution >= 4 is 27.3 Å². The van der Waals surface area contributed by atoms with Gasteiger partial charge in [-0.15, -0.1) is 0 Å². The monoisotopic (exact) mass is 374 g/mol. The van der Waals surface area contributed by atoms with Crippen LogP contribution in [0.1, 0.15) is 36.0 Å². The van der Waals surface area contributed by atoms with E-state index in [0.29, 0.717) is 17.8 Å². The molecule has 0 saturated carbocycles. The number of benzene rings is 2. The van der Waals surface area contributed by atoms with Gasteiger partial charge in [-0.2, -0.15) is 0 Å². The van der Waals surface area contributed by atoms with E-state index < -0.39 is 15.8 Å². The van der Waals surface area contributed by atoms with Crippen molar-refractivity contribution in [3.05, 3.63) is 52.8 Å². The first-order valence-corrected chi connectivity index (χ1v) is 10.0. The number of nitrogens with one attached hydrogen (secondary N) is 1. The third-order valence-corrected chi connectivity index (χ3v) is 6.64. The predicted octanol–water partition coefficient (Wildman–Crippen LogP) is 3.33. The number of anilines is 2. The number of amides is 1. The summed E-state index contributed by atoms with van der Waals surface area (Å²) in [5.74, 6) is -0.690. The topological polar surface area (TPSA) is 66.5 Å². The average Bonchev–Trinajstić information content (AvgIpc) is 2.81. The minimum Gasteiger partial charge on any atom is -0.311 e. The van der Waals surface area contributed by atoms with E-state index in [-0.39, 0.29) is 16.7 Å². The third-order valence-electron chi connectivity index (χ3n) is 5.10. The number of hydrogen-bond donors (Lipinski definition) is 1. The SMILES string of the molecule is Cc1cc(F)ccc1S(=O)(=O)Nc1cc2c3c(c1)C(C)C(=O)N3CCC2. The fourth-order valence-electron chi connectivity index (χ4n) is 3.88. The van der Waals surface area contributed by atoms with E-state index in [9.17, 15) is 17.6 Å². The van der Waals surface area contributed by atoms with Crippen molar-refractivity contribution in [2.75, 3.05) is 16.2 Å². The quantitative estimate of drug-likeness (QED) is 0.896. The van der Waals surface area contributed by atoms with E-state index in [1.807, 2.05) is 6.92 Å². The molecule has 1 atom stereocenters. The minimum absolute atomic E-state index is 0.0406. The molecule has 1 unspecified atom stereocenters. The van der Waals surface area contributed by atoms with Crippen LogP contribution in [0.25, 0.3) is 0 Å². The van der Waals surface area contributed by atoms with Crippen molar-refractivity contribution in [1.82, 2.24) is 0 Å². The molecular weight excluding hydrogens is 355 g/mol. The van der Waals surface area contributed by atoms with E-state index in [1.54, 1.807) is 24.0 Å². The van der Waals surface area contributed by atoms with Crippen LogP contribution < -0.4 is 9.62 Å². The molecule has 0 fully saturated rings. The summed E-state index contributed by atoms with van der Waals surface area (Å²) in [5.41, 5.74) is 3.57. The second kappa shape index (κ2) is 5.81. The Hall–Kier alpha value is -2.41. The Bertz CT molecular complexity index is 1030. The first kappa shape index (κ1) is 17.0. The maximum absolute atomic E-state index is 13.3. The van der Waals surface area contributed by atoms with Crippen LogP contribution in [0.15, 0.2) is 35.2 Å². The molecule has 1 amide bonds. The molecule has 0 saturated heterocycles. The largest absolute Gasteiger partial charge is 0.311 e. The first-order valence-electron chi connectivity index (χ1n) is 8.55. The van der Waals surface area contributed by atoms with Gasteiger partial charge in [0.15, 0.2) is 0 Å². The van der Waals surface area contributed by atoms with Crippen LogP contribution in [-0.4, -0.2) is 20.9 Å². The van der Waals surface area contributed by atoms with E-state index >= 15 is 0 Å². The van der Waals surface area contributed by atoms with Crippen LogP contribution in [0.5, 0.6) is 0 Å². The fraction of sp³-hybridized carbons (Fsp3) is 0.316. The molecule has 136 valence electrons. The van der Waals surface area contributed by atoms with Crippen molar-refractivity contribution in [2.45, 2.75) is 37.5 Å². The number of hydrogen-bond acceptors (Lipinski definition) is 3. The second-order valence-electron chi connectivity index (χ2n) is 6.90. The lowest BCUT2D eigenvalue weighted by Crippen LogP contribution is -2.32. The van der Waals surface area contributed by atoms with Gasteiger partial charge in [-0.25, -0.2) is 12.8 Å². The lowest BCUT2D eigenvalue weighted by molar-refractivity contribution is -0.119. The molecule has 1 N–H and O–H groups in total. The minimum atomic E-state index is -3.84. The molecule has 2 aliphatic heterocycles. The van der Waals surface area contributed by atoms with Crippen LogP contribution in [0.4, 0.5) is 15.8 Å². The van der Waals surface area contributed by atoms with Gasteiger partial charge < -0.3 is 4.90 Å². The molecular formula is C19H19FN2O3S. The molecule has 7 heteroatoms. The zero-order valence-corrected chi connectivity index (χ0v) is 15.4. The maximum atomic E-state index is 13.3. The van der Waals surface area contributed by atoms with Gasteiger partial charge in [0.05, 0.1) is 16.5 Å². The molecule has 0 radical (unpaired) electrons. The molecule has 2 heterocycles. The zero-order valence-electron chi connectivity index (χ0n) is 14.5. The van der Waals surface area contributed by atoms with Gasteiger partial charge in [0.2, 0.25) is 5.91 Å². The van der Waals surface area contributed by atoms with Gasteiger partial charge in [0, 0.05) is 12.2 Å². The molecule has 2 aromatic rings. The maximum Gasteiger partial charge on any atom is 0.262 e. The van der Waals surface area contributed by atoms with E-state index in [1.165, 1.54) is 12.1 Å². The van der Waals surface area contributed by atoms with Crippen LogP contribution in [0.2, 0.25) is 0 Å². The Morgan fingerprint density at radius 2 is 2.00 bits per heavy atom. The molecule has 26 heavy (non-hydrogen) atoms. The lowest BCUT2D eigenvalue weighted by atomic mass is 9.96. The van der Waals surface area contributed by atoms with Gasteiger partial charge in [-0.05, 0) is 73.7 Å². The third kappa shape index (κ3) is 2.58. The van der Waals surface area contributed by atoms with E-state index in [2.05, 4.69) is 4.72 Å². The smallest absolute Gasteiger partial charge is 0.262 e. The highest BCUT2D eigenvalue weighted by molar-refractivity contribution is 7.92. The summed E-state index contributed by atoms with van der Waals surface area (Å²) < 4.78 is 41.4.